The first-order valence-electron chi connectivity index (χ1n) is 7.93. The molecule has 2 N–H and O–H groups in total. The smallest absolute Gasteiger partial charge is 0.261 e. The molecule has 29 heavy (non-hydrogen) atoms. The van der Waals surface area contributed by atoms with E-state index in [2.05, 4.69) is 9.44 Å². The molecule has 0 fully saturated rings. The van der Waals surface area contributed by atoms with Crippen molar-refractivity contribution in [2.75, 3.05) is 9.44 Å². The van der Waals surface area contributed by atoms with E-state index in [9.17, 15) is 30.0 Å². The second-order valence-corrected chi connectivity index (χ2v) is 9.18. The lowest BCUT2D eigenvalue weighted by Gasteiger charge is -2.11. The molecule has 3 rings (SSSR count). The van der Waals surface area contributed by atoms with Crippen LogP contribution in [0.5, 0.6) is 0 Å². The predicted molar refractivity (Wildman–Crippen MR) is 101 cm³/mol. The molecular weight excluding hydrogens is 429 g/mol. The van der Waals surface area contributed by atoms with Crippen molar-refractivity contribution < 1.29 is 30.0 Å². The SMILES string of the molecule is O=S(=O)(Nc1ccc(NS(=O)(=O)c2ccc(F)c(F)c2)cc1)c1ccc(F)cc1. The summed E-state index contributed by atoms with van der Waals surface area (Å²) < 4.78 is 92.6. The summed E-state index contributed by atoms with van der Waals surface area (Å²) in [6.07, 6.45) is 0. The van der Waals surface area contributed by atoms with Crippen molar-refractivity contribution in [3.63, 3.8) is 0 Å². The minimum absolute atomic E-state index is 0.0689. The molecule has 0 radical (unpaired) electrons. The highest BCUT2D eigenvalue weighted by Gasteiger charge is 2.17. The van der Waals surface area contributed by atoms with Gasteiger partial charge < -0.3 is 0 Å². The molecule has 3 aromatic rings. The highest BCUT2D eigenvalue weighted by atomic mass is 32.2. The summed E-state index contributed by atoms with van der Waals surface area (Å²) in [7, 11) is -8.14. The summed E-state index contributed by atoms with van der Waals surface area (Å²) in [4.78, 5) is -0.625. The summed E-state index contributed by atoms with van der Waals surface area (Å²) in [5.41, 5.74) is 0.199. The van der Waals surface area contributed by atoms with Gasteiger partial charge in [-0.15, -0.1) is 0 Å². The van der Waals surface area contributed by atoms with Crippen LogP contribution in [0.2, 0.25) is 0 Å². The van der Waals surface area contributed by atoms with Crippen molar-refractivity contribution in [3.8, 4) is 0 Å². The second kappa shape index (κ2) is 7.76. The Morgan fingerprint density at radius 1 is 0.552 bits per heavy atom. The number of sulfonamides is 2. The summed E-state index contributed by atoms with van der Waals surface area (Å²) in [6, 6.07) is 11.5. The summed E-state index contributed by atoms with van der Waals surface area (Å²) in [6.45, 7) is 0. The van der Waals surface area contributed by atoms with Crippen molar-refractivity contribution in [2.24, 2.45) is 0 Å². The minimum atomic E-state index is -4.18. The molecule has 0 atom stereocenters. The van der Waals surface area contributed by atoms with Gasteiger partial charge in [-0.25, -0.2) is 30.0 Å². The third kappa shape index (κ3) is 4.87. The van der Waals surface area contributed by atoms with Crippen LogP contribution in [0.25, 0.3) is 0 Å². The maximum Gasteiger partial charge on any atom is 0.261 e. The van der Waals surface area contributed by atoms with Gasteiger partial charge >= 0.3 is 0 Å². The Bertz CT molecular complexity index is 1250. The van der Waals surface area contributed by atoms with Crippen LogP contribution in [0.1, 0.15) is 0 Å². The monoisotopic (exact) mass is 442 g/mol. The molecule has 0 aromatic heterocycles. The highest BCUT2D eigenvalue weighted by Crippen LogP contribution is 2.22. The Hall–Kier alpha value is -3.05. The van der Waals surface area contributed by atoms with Crippen LogP contribution in [0, 0.1) is 17.5 Å². The van der Waals surface area contributed by atoms with E-state index in [1.807, 2.05) is 0 Å². The largest absolute Gasteiger partial charge is 0.280 e. The Balaban J connectivity index is 1.76. The van der Waals surface area contributed by atoms with Gasteiger partial charge in [0.2, 0.25) is 0 Å². The van der Waals surface area contributed by atoms with Gasteiger partial charge in [-0.3, -0.25) is 9.44 Å². The van der Waals surface area contributed by atoms with Gasteiger partial charge in [-0.05, 0) is 66.7 Å². The molecule has 0 unspecified atom stereocenters. The van der Waals surface area contributed by atoms with Gasteiger partial charge in [0.15, 0.2) is 11.6 Å². The third-order valence-corrected chi connectivity index (χ3v) is 6.49. The van der Waals surface area contributed by atoms with Crippen LogP contribution >= 0.6 is 0 Å². The zero-order chi connectivity index (χ0) is 21.2. The lowest BCUT2D eigenvalue weighted by atomic mass is 10.3. The lowest BCUT2D eigenvalue weighted by Crippen LogP contribution is -2.14. The van der Waals surface area contributed by atoms with Crippen LogP contribution < -0.4 is 9.44 Å². The molecular formula is C18H13F3N2O4S2. The van der Waals surface area contributed by atoms with Gasteiger partial charge in [0.1, 0.15) is 5.82 Å². The molecule has 11 heteroatoms. The molecule has 0 heterocycles. The van der Waals surface area contributed by atoms with E-state index < -0.39 is 42.4 Å². The molecule has 0 spiro atoms. The second-order valence-electron chi connectivity index (χ2n) is 5.82. The van der Waals surface area contributed by atoms with E-state index in [0.717, 1.165) is 30.3 Å². The van der Waals surface area contributed by atoms with Crippen LogP contribution in [-0.4, -0.2) is 16.8 Å². The fourth-order valence-electron chi connectivity index (χ4n) is 2.29. The molecule has 0 bridgehead atoms. The summed E-state index contributed by atoms with van der Waals surface area (Å²) >= 11 is 0. The number of anilines is 2. The predicted octanol–water partition coefficient (Wildman–Crippen LogP) is 3.71. The van der Waals surface area contributed by atoms with Gasteiger partial charge in [-0.2, -0.15) is 0 Å². The van der Waals surface area contributed by atoms with Gasteiger partial charge in [0.25, 0.3) is 20.0 Å². The lowest BCUT2D eigenvalue weighted by molar-refractivity contribution is 0.504. The molecule has 0 aliphatic rings. The van der Waals surface area contributed by atoms with Crippen molar-refractivity contribution in [1.29, 1.82) is 0 Å². The Morgan fingerprint density at radius 2 is 1.00 bits per heavy atom. The molecule has 0 saturated heterocycles. The number of benzene rings is 3. The fraction of sp³-hybridized carbons (Fsp3) is 0. The highest BCUT2D eigenvalue weighted by molar-refractivity contribution is 7.93. The number of hydrogen-bond donors (Lipinski definition) is 2. The molecule has 0 amide bonds. The molecule has 152 valence electrons. The van der Waals surface area contributed by atoms with Crippen molar-refractivity contribution >= 4 is 31.4 Å². The van der Waals surface area contributed by atoms with Crippen molar-refractivity contribution in [1.82, 2.24) is 0 Å². The van der Waals surface area contributed by atoms with E-state index in [-0.39, 0.29) is 16.3 Å². The molecule has 0 saturated carbocycles. The van der Waals surface area contributed by atoms with E-state index >= 15 is 0 Å². The van der Waals surface area contributed by atoms with Crippen LogP contribution in [0.4, 0.5) is 24.5 Å². The van der Waals surface area contributed by atoms with Crippen LogP contribution in [0.15, 0.2) is 76.5 Å². The van der Waals surface area contributed by atoms with Gasteiger partial charge in [0.05, 0.1) is 9.79 Å². The quantitative estimate of drug-likeness (QED) is 0.609. The molecule has 3 aromatic carbocycles. The van der Waals surface area contributed by atoms with Crippen LogP contribution in [-0.2, 0) is 20.0 Å². The number of halogens is 3. The maximum absolute atomic E-state index is 13.3. The normalized spacial score (nSPS) is 11.8. The first kappa shape index (κ1) is 20.7. The molecule has 0 aliphatic carbocycles. The molecule has 0 aliphatic heterocycles. The number of rotatable bonds is 6. The topological polar surface area (TPSA) is 92.3 Å². The van der Waals surface area contributed by atoms with E-state index in [1.54, 1.807) is 0 Å². The first-order chi connectivity index (χ1) is 13.6. The van der Waals surface area contributed by atoms with Gasteiger partial charge in [-0.1, -0.05) is 0 Å². The standard InChI is InChI=1S/C18H13F3N2O4S2/c19-12-1-7-15(8-2-12)28(24,25)22-13-3-5-14(6-4-13)23-29(26,27)16-9-10-17(20)18(21)11-16/h1-11,22-23H. The zero-order valence-electron chi connectivity index (χ0n) is 14.4. The fourth-order valence-corrected chi connectivity index (χ4v) is 4.42. The number of hydrogen-bond acceptors (Lipinski definition) is 4. The third-order valence-electron chi connectivity index (χ3n) is 3.71. The average molecular weight is 442 g/mol. The van der Waals surface area contributed by atoms with Crippen molar-refractivity contribution in [2.45, 2.75) is 9.79 Å². The summed E-state index contributed by atoms with van der Waals surface area (Å²) in [5.74, 6) is -3.07. The first-order valence-corrected chi connectivity index (χ1v) is 10.9. The van der Waals surface area contributed by atoms with Crippen LogP contribution in [0.3, 0.4) is 0 Å². The average Bonchev–Trinajstić information content (AvgIpc) is 2.65. The Morgan fingerprint density at radius 3 is 1.48 bits per heavy atom. The minimum Gasteiger partial charge on any atom is -0.280 e. The Labute approximate surface area is 165 Å². The number of nitrogens with one attached hydrogen (secondary N) is 2. The maximum atomic E-state index is 13.3. The van der Waals surface area contributed by atoms with Gasteiger partial charge in [0, 0.05) is 11.4 Å². The summed E-state index contributed by atoms with van der Waals surface area (Å²) in [5, 5.41) is 0. The zero-order valence-corrected chi connectivity index (χ0v) is 16.1. The van der Waals surface area contributed by atoms with Crippen molar-refractivity contribution in [3.05, 3.63) is 84.2 Å². The Kier molecular flexibility index (Phi) is 5.53. The van der Waals surface area contributed by atoms with E-state index in [0.29, 0.717) is 12.1 Å². The van der Waals surface area contributed by atoms with E-state index in [4.69, 9.17) is 0 Å². The molecule has 6 nitrogen and oxygen atoms in total. The van der Waals surface area contributed by atoms with E-state index in [1.165, 1.54) is 24.3 Å².